The van der Waals surface area contributed by atoms with Gasteiger partial charge in [0.1, 0.15) is 11.8 Å². The summed E-state index contributed by atoms with van der Waals surface area (Å²) in [6, 6.07) is 8.60. The first-order valence-corrected chi connectivity index (χ1v) is 7.58. The van der Waals surface area contributed by atoms with E-state index in [4.69, 9.17) is 5.73 Å². The van der Waals surface area contributed by atoms with Gasteiger partial charge in [-0.15, -0.1) is 0 Å². The number of carbonyl (C=O) groups excluding carboxylic acids is 2. The van der Waals surface area contributed by atoms with Crippen molar-refractivity contribution >= 4 is 23.2 Å². The average Bonchev–Trinajstić information content (AvgIpc) is 2.98. The average molecular weight is 314 g/mol. The highest BCUT2D eigenvalue weighted by Crippen LogP contribution is 2.24. The predicted molar refractivity (Wildman–Crippen MR) is 91.0 cm³/mol. The van der Waals surface area contributed by atoms with Gasteiger partial charge in [-0.3, -0.25) is 14.6 Å². The molecule has 0 saturated heterocycles. The number of carbonyl (C=O) groups is 2. The van der Waals surface area contributed by atoms with Gasteiger partial charge in [0.25, 0.3) is 5.91 Å². The fourth-order valence-electron chi connectivity index (χ4n) is 2.52. The number of hydrogen-bond donors (Lipinski definition) is 1. The highest BCUT2D eigenvalue weighted by Gasteiger charge is 2.36. The number of nitrogens with two attached hydrogens (primary N) is 1. The molecule has 1 atom stereocenters. The topological polar surface area (TPSA) is 79.0 Å². The van der Waals surface area contributed by atoms with Gasteiger partial charge in [0.05, 0.1) is 5.69 Å². The summed E-state index contributed by atoms with van der Waals surface area (Å²) in [5.74, 6) is -0.677. The smallest absolute Gasteiger partial charge is 0.270 e. The van der Waals surface area contributed by atoms with Crippen LogP contribution in [-0.2, 0) is 9.59 Å². The van der Waals surface area contributed by atoms with Gasteiger partial charge >= 0.3 is 0 Å². The summed E-state index contributed by atoms with van der Waals surface area (Å²) in [6.07, 6.45) is 0.218. The number of hydrogen-bond acceptors (Lipinski definition) is 4. The number of primary amides is 1. The molecule has 2 rings (SSSR count). The van der Waals surface area contributed by atoms with Crippen molar-refractivity contribution in [1.29, 1.82) is 0 Å². The Hall–Kier alpha value is -2.63. The minimum atomic E-state index is -0.639. The van der Waals surface area contributed by atoms with Gasteiger partial charge in [-0.2, -0.15) is 5.10 Å². The van der Waals surface area contributed by atoms with Gasteiger partial charge in [-0.1, -0.05) is 30.4 Å². The first-order valence-electron chi connectivity index (χ1n) is 7.58. The minimum Gasteiger partial charge on any atom is -0.368 e. The zero-order valence-electron chi connectivity index (χ0n) is 13.5. The molecule has 1 aromatic rings. The van der Waals surface area contributed by atoms with Crippen LogP contribution in [0.15, 0.2) is 47.6 Å². The molecule has 1 aromatic carbocycles. The second kappa shape index (κ2) is 7.09. The van der Waals surface area contributed by atoms with Crippen LogP contribution in [0.3, 0.4) is 0 Å². The summed E-state index contributed by atoms with van der Waals surface area (Å²) in [7, 11) is 0. The predicted octanol–water partition coefficient (Wildman–Crippen LogP) is 1.53. The lowest BCUT2D eigenvalue weighted by atomic mass is 10.1. The molecule has 0 radical (unpaired) electrons. The first kappa shape index (κ1) is 16.7. The third-order valence-electron chi connectivity index (χ3n) is 3.64. The third-order valence-corrected chi connectivity index (χ3v) is 3.64. The molecule has 2 N–H and O–H groups in total. The zero-order chi connectivity index (χ0) is 17.0. The maximum absolute atomic E-state index is 12.6. The Kier molecular flexibility index (Phi) is 5.16. The maximum atomic E-state index is 12.6. The van der Waals surface area contributed by atoms with Crippen LogP contribution in [0.4, 0.5) is 5.69 Å². The number of amides is 2. The summed E-state index contributed by atoms with van der Waals surface area (Å²) in [6.45, 7) is 8.63. The molecule has 0 fully saturated rings. The molecule has 1 aliphatic rings. The number of nitrogens with zero attached hydrogens (tertiary/aromatic N) is 3. The van der Waals surface area contributed by atoms with E-state index in [1.165, 1.54) is 5.01 Å². The molecule has 2 amide bonds. The first-order chi connectivity index (χ1) is 10.9. The number of para-hydroxylation sites is 1. The highest BCUT2D eigenvalue weighted by atomic mass is 16.2. The summed E-state index contributed by atoms with van der Waals surface area (Å²) in [5.41, 5.74) is 7.46. The van der Waals surface area contributed by atoms with Crippen molar-refractivity contribution in [2.75, 3.05) is 18.1 Å². The Labute approximate surface area is 136 Å². The zero-order valence-corrected chi connectivity index (χ0v) is 13.5. The van der Waals surface area contributed by atoms with Crippen LogP contribution in [0.5, 0.6) is 0 Å². The van der Waals surface area contributed by atoms with Gasteiger partial charge in [0.2, 0.25) is 5.91 Å². The molecule has 122 valence electrons. The van der Waals surface area contributed by atoms with E-state index < -0.39 is 11.9 Å². The van der Waals surface area contributed by atoms with Gasteiger partial charge < -0.3 is 10.6 Å². The number of hydrazone groups is 1. The molecule has 23 heavy (non-hydrogen) atoms. The SMILES string of the molecule is C=C(C)CN(CC)C(=O)C1=NN(c2ccccc2)C(C(N)=O)C1. The van der Waals surface area contributed by atoms with Crippen LogP contribution in [0.2, 0.25) is 0 Å². The Balaban J connectivity index is 2.27. The van der Waals surface area contributed by atoms with Crippen LogP contribution in [0.25, 0.3) is 0 Å². The standard InChI is InChI=1S/C17H22N4O2/c1-4-20(11-12(2)3)17(23)14-10-15(16(18)22)21(19-14)13-8-6-5-7-9-13/h5-9,15H,2,4,10-11H2,1,3H3,(H2,18,22). The van der Waals surface area contributed by atoms with E-state index in [-0.39, 0.29) is 12.3 Å². The Morgan fingerprint density at radius 2 is 2.04 bits per heavy atom. The quantitative estimate of drug-likeness (QED) is 0.809. The van der Waals surface area contributed by atoms with Crippen molar-refractivity contribution < 1.29 is 9.59 Å². The van der Waals surface area contributed by atoms with Crippen LogP contribution >= 0.6 is 0 Å². The van der Waals surface area contributed by atoms with E-state index in [0.717, 1.165) is 11.3 Å². The van der Waals surface area contributed by atoms with Gasteiger partial charge in [-0.05, 0) is 26.0 Å². The van der Waals surface area contributed by atoms with Crippen molar-refractivity contribution in [3.63, 3.8) is 0 Å². The van der Waals surface area contributed by atoms with Gasteiger partial charge in [0, 0.05) is 19.5 Å². The summed E-state index contributed by atoms with van der Waals surface area (Å²) < 4.78 is 0. The second-order valence-electron chi connectivity index (χ2n) is 5.63. The summed E-state index contributed by atoms with van der Waals surface area (Å²) >= 11 is 0. The Bertz CT molecular complexity index is 639. The van der Waals surface area contributed by atoms with E-state index >= 15 is 0 Å². The molecular weight excluding hydrogens is 292 g/mol. The lowest BCUT2D eigenvalue weighted by molar-refractivity contribution is -0.123. The van der Waals surface area contributed by atoms with Gasteiger partial charge in [-0.25, -0.2) is 0 Å². The molecule has 0 aliphatic carbocycles. The van der Waals surface area contributed by atoms with Crippen LogP contribution in [-0.4, -0.2) is 41.6 Å². The lowest BCUT2D eigenvalue weighted by Gasteiger charge is -2.20. The molecule has 0 aromatic heterocycles. The third kappa shape index (κ3) is 3.77. The molecule has 6 heteroatoms. The second-order valence-corrected chi connectivity index (χ2v) is 5.63. The van der Waals surface area contributed by atoms with Crippen molar-refractivity contribution in [2.24, 2.45) is 10.8 Å². The van der Waals surface area contributed by atoms with Crippen molar-refractivity contribution in [3.8, 4) is 0 Å². The summed E-state index contributed by atoms with van der Waals surface area (Å²) in [5, 5.41) is 5.90. The van der Waals surface area contributed by atoms with E-state index in [9.17, 15) is 9.59 Å². The largest absolute Gasteiger partial charge is 0.368 e. The normalized spacial score (nSPS) is 16.9. The van der Waals surface area contributed by atoms with Crippen molar-refractivity contribution in [2.45, 2.75) is 26.3 Å². The van der Waals surface area contributed by atoms with E-state index in [0.29, 0.717) is 18.8 Å². The minimum absolute atomic E-state index is 0.180. The van der Waals surface area contributed by atoms with Crippen molar-refractivity contribution in [3.05, 3.63) is 42.5 Å². The molecule has 0 spiro atoms. The molecule has 1 heterocycles. The van der Waals surface area contributed by atoms with E-state index in [2.05, 4.69) is 11.7 Å². The van der Waals surface area contributed by atoms with E-state index in [1.807, 2.05) is 44.2 Å². The number of likely N-dealkylation sites (N-methyl/N-ethyl adjacent to an activating group) is 1. The molecule has 1 unspecified atom stereocenters. The van der Waals surface area contributed by atoms with E-state index in [1.54, 1.807) is 4.90 Å². The highest BCUT2D eigenvalue weighted by molar-refractivity contribution is 6.40. The lowest BCUT2D eigenvalue weighted by Crippen LogP contribution is -2.40. The molecule has 0 saturated carbocycles. The fourth-order valence-corrected chi connectivity index (χ4v) is 2.52. The van der Waals surface area contributed by atoms with Crippen LogP contribution in [0.1, 0.15) is 20.3 Å². The van der Waals surface area contributed by atoms with Crippen LogP contribution in [0, 0.1) is 0 Å². The monoisotopic (exact) mass is 314 g/mol. The fraction of sp³-hybridized carbons (Fsp3) is 0.353. The molecule has 6 nitrogen and oxygen atoms in total. The molecule has 0 bridgehead atoms. The number of benzene rings is 1. The van der Waals surface area contributed by atoms with Crippen LogP contribution < -0.4 is 10.7 Å². The van der Waals surface area contributed by atoms with Crippen molar-refractivity contribution in [1.82, 2.24) is 4.90 Å². The Morgan fingerprint density at radius 1 is 1.39 bits per heavy atom. The summed E-state index contributed by atoms with van der Waals surface area (Å²) in [4.78, 5) is 26.0. The molecule has 1 aliphatic heterocycles. The Morgan fingerprint density at radius 3 is 2.57 bits per heavy atom. The number of rotatable bonds is 6. The maximum Gasteiger partial charge on any atom is 0.270 e. The molecular formula is C17H22N4O2. The number of anilines is 1. The van der Waals surface area contributed by atoms with Gasteiger partial charge in [0.15, 0.2) is 0 Å².